The lowest BCUT2D eigenvalue weighted by Gasteiger charge is -2.20. The van der Waals surface area contributed by atoms with Crippen molar-refractivity contribution in [3.05, 3.63) is 36.4 Å². The molecule has 0 saturated carbocycles. The third kappa shape index (κ3) is 3.79. The molecule has 0 bridgehead atoms. The number of nitrogens with two attached hydrogens (primary N) is 1. The lowest BCUT2D eigenvalue weighted by atomic mass is 10.2. The molecule has 0 radical (unpaired) electrons. The second-order valence-electron chi connectivity index (χ2n) is 4.16. The van der Waals surface area contributed by atoms with E-state index in [-0.39, 0.29) is 18.0 Å². The van der Waals surface area contributed by atoms with Gasteiger partial charge < -0.3 is 10.5 Å². The molecule has 19 heavy (non-hydrogen) atoms. The summed E-state index contributed by atoms with van der Waals surface area (Å²) in [5.41, 5.74) is 7.02. The van der Waals surface area contributed by atoms with Crippen LogP contribution in [-0.4, -0.2) is 39.5 Å². The molecule has 0 aromatic heterocycles. The molecule has 0 amide bonds. The summed E-state index contributed by atoms with van der Waals surface area (Å²) in [5, 5.41) is 0. The Morgan fingerprint density at radius 2 is 2.16 bits per heavy atom. The molecule has 1 aromatic rings. The SMILES string of the molecule is C=CCN(CCOC)S(=O)(=O)c1ccc(N)c(C)c1. The molecule has 0 heterocycles. The van der Waals surface area contributed by atoms with Crippen molar-refractivity contribution in [3.63, 3.8) is 0 Å². The number of hydrogen-bond acceptors (Lipinski definition) is 4. The van der Waals surface area contributed by atoms with E-state index in [0.717, 1.165) is 5.56 Å². The predicted molar refractivity (Wildman–Crippen MR) is 76.4 cm³/mol. The predicted octanol–water partition coefficient (Wildman–Crippen LogP) is 1.40. The van der Waals surface area contributed by atoms with Crippen LogP contribution >= 0.6 is 0 Å². The van der Waals surface area contributed by atoms with E-state index in [9.17, 15) is 8.42 Å². The van der Waals surface area contributed by atoms with Gasteiger partial charge in [-0.2, -0.15) is 4.31 Å². The molecule has 6 heteroatoms. The number of aryl methyl sites for hydroxylation is 1. The van der Waals surface area contributed by atoms with Crippen molar-refractivity contribution < 1.29 is 13.2 Å². The molecule has 1 rings (SSSR count). The van der Waals surface area contributed by atoms with Crippen molar-refractivity contribution in [2.45, 2.75) is 11.8 Å². The minimum atomic E-state index is -3.55. The number of ether oxygens (including phenoxy) is 1. The molecule has 0 saturated heterocycles. The smallest absolute Gasteiger partial charge is 0.243 e. The maximum Gasteiger partial charge on any atom is 0.243 e. The van der Waals surface area contributed by atoms with Crippen molar-refractivity contribution >= 4 is 15.7 Å². The minimum absolute atomic E-state index is 0.233. The van der Waals surface area contributed by atoms with Gasteiger partial charge in [0.05, 0.1) is 11.5 Å². The van der Waals surface area contributed by atoms with Crippen LogP contribution in [0.5, 0.6) is 0 Å². The molecule has 5 nitrogen and oxygen atoms in total. The lowest BCUT2D eigenvalue weighted by molar-refractivity contribution is 0.182. The maximum absolute atomic E-state index is 12.5. The fourth-order valence-electron chi connectivity index (χ4n) is 1.60. The maximum atomic E-state index is 12.5. The Hall–Kier alpha value is -1.37. The molecule has 0 aliphatic heterocycles. The molecule has 106 valence electrons. The molecule has 0 aliphatic carbocycles. The normalized spacial score (nSPS) is 11.7. The lowest BCUT2D eigenvalue weighted by Crippen LogP contribution is -2.34. The molecule has 2 N–H and O–H groups in total. The Morgan fingerprint density at radius 3 is 2.68 bits per heavy atom. The van der Waals surface area contributed by atoms with E-state index in [2.05, 4.69) is 6.58 Å². The number of nitrogens with zero attached hydrogens (tertiary/aromatic N) is 1. The van der Waals surface area contributed by atoms with Crippen molar-refractivity contribution in [3.8, 4) is 0 Å². The summed E-state index contributed by atoms with van der Waals surface area (Å²) < 4.78 is 31.2. The van der Waals surface area contributed by atoms with E-state index in [4.69, 9.17) is 10.5 Å². The number of rotatable bonds is 7. The van der Waals surface area contributed by atoms with Crippen molar-refractivity contribution in [2.24, 2.45) is 0 Å². The van der Waals surface area contributed by atoms with Crippen molar-refractivity contribution in [2.75, 3.05) is 32.5 Å². The summed E-state index contributed by atoms with van der Waals surface area (Å²) in [6, 6.07) is 4.69. The van der Waals surface area contributed by atoms with E-state index < -0.39 is 10.0 Å². The van der Waals surface area contributed by atoms with Crippen molar-refractivity contribution in [1.82, 2.24) is 4.31 Å². The van der Waals surface area contributed by atoms with Crippen LogP contribution in [0.25, 0.3) is 0 Å². The van der Waals surface area contributed by atoms with Crippen molar-refractivity contribution in [1.29, 1.82) is 0 Å². The topological polar surface area (TPSA) is 72.6 Å². The van der Waals surface area contributed by atoms with Crippen LogP contribution in [0.4, 0.5) is 5.69 Å². The van der Waals surface area contributed by atoms with Gasteiger partial charge >= 0.3 is 0 Å². The van der Waals surface area contributed by atoms with Crippen LogP contribution in [0.2, 0.25) is 0 Å². The summed E-state index contributed by atoms with van der Waals surface area (Å²) in [6.07, 6.45) is 1.55. The first-order valence-electron chi connectivity index (χ1n) is 5.89. The molecule has 0 atom stereocenters. The number of nitrogen functional groups attached to an aromatic ring is 1. The molecular formula is C13H20N2O3S. The zero-order valence-electron chi connectivity index (χ0n) is 11.3. The third-order valence-electron chi connectivity index (χ3n) is 2.76. The minimum Gasteiger partial charge on any atom is -0.399 e. The largest absolute Gasteiger partial charge is 0.399 e. The first-order valence-corrected chi connectivity index (χ1v) is 7.33. The highest BCUT2D eigenvalue weighted by atomic mass is 32.2. The highest BCUT2D eigenvalue weighted by molar-refractivity contribution is 7.89. The standard InChI is InChI=1S/C13H20N2O3S/c1-4-7-15(8-9-18-3)19(16,17)12-5-6-13(14)11(2)10-12/h4-6,10H,1,7-9,14H2,2-3H3. The van der Waals surface area contributed by atoms with Gasteiger partial charge in [0.1, 0.15) is 0 Å². The Balaban J connectivity index is 3.10. The van der Waals surface area contributed by atoms with Crippen LogP contribution in [-0.2, 0) is 14.8 Å². The number of anilines is 1. The van der Waals surface area contributed by atoms with E-state index in [0.29, 0.717) is 12.3 Å². The van der Waals surface area contributed by atoms with Crippen LogP contribution in [0.1, 0.15) is 5.56 Å². The van der Waals surface area contributed by atoms with E-state index in [1.165, 1.54) is 17.5 Å². The summed E-state index contributed by atoms with van der Waals surface area (Å²) in [4.78, 5) is 0.233. The summed E-state index contributed by atoms with van der Waals surface area (Å²) in [7, 11) is -2.01. The fourth-order valence-corrected chi connectivity index (χ4v) is 3.08. The molecular weight excluding hydrogens is 264 g/mol. The van der Waals surface area contributed by atoms with Crippen LogP contribution < -0.4 is 5.73 Å². The average molecular weight is 284 g/mol. The fraction of sp³-hybridized carbons (Fsp3) is 0.385. The first-order chi connectivity index (χ1) is 8.93. The molecule has 0 spiro atoms. The van der Waals surface area contributed by atoms with Crippen LogP contribution in [0, 0.1) is 6.92 Å². The Bertz CT molecular complexity index is 541. The third-order valence-corrected chi connectivity index (χ3v) is 4.62. The van der Waals surface area contributed by atoms with E-state index >= 15 is 0 Å². The molecule has 0 fully saturated rings. The van der Waals surface area contributed by atoms with Gasteiger partial charge in [0.15, 0.2) is 0 Å². The average Bonchev–Trinajstić information content (AvgIpc) is 2.37. The molecule has 0 aliphatic rings. The van der Waals surface area contributed by atoms with Gasteiger partial charge in [-0.3, -0.25) is 0 Å². The van der Waals surface area contributed by atoms with Gasteiger partial charge in [0.25, 0.3) is 0 Å². The van der Waals surface area contributed by atoms with E-state index in [1.807, 2.05) is 0 Å². The Morgan fingerprint density at radius 1 is 1.47 bits per heavy atom. The van der Waals surface area contributed by atoms with Gasteiger partial charge in [0.2, 0.25) is 10.0 Å². The summed E-state index contributed by atoms with van der Waals surface area (Å²) >= 11 is 0. The van der Waals surface area contributed by atoms with E-state index in [1.54, 1.807) is 25.1 Å². The van der Waals surface area contributed by atoms with Gasteiger partial charge in [-0.15, -0.1) is 6.58 Å². The number of methoxy groups -OCH3 is 1. The van der Waals surface area contributed by atoms with Gasteiger partial charge in [-0.1, -0.05) is 6.08 Å². The second-order valence-corrected chi connectivity index (χ2v) is 6.10. The summed E-state index contributed by atoms with van der Waals surface area (Å²) in [6.45, 7) is 6.23. The second kappa shape index (κ2) is 6.70. The molecule has 0 unspecified atom stereocenters. The van der Waals surface area contributed by atoms with Gasteiger partial charge in [-0.05, 0) is 30.7 Å². The van der Waals surface area contributed by atoms with Crippen LogP contribution in [0.15, 0.2) is 35.7 Å². The highest BCUT2D eigenvalue weighted by Crippen LogP contribution is 2.20. The number of hydrogen-bond donors (Lipinski definition) is 1. The zero-order chi connectivity index (χ0) is 14.5. The van der Waals surface area contributed by atoms with Gasteiger partial charge in [-0.25, -0.2) is 8.42 Å². The number of benzene rings is 1. The van der Waals surface area contributed by atoms with Crippen LogP contribution in [0.3, 0.4) is 0 Å². The quantitative estimate of drug-likeness (QED) is 0.607. The zero-order valence-corrected chi connectivity index (χ0v) is 12.1. The monoisotopic (exact) mass is 284 g/mol. The first kappa shape index (κ1) is 15.7. The molecule has 1 aromatic carbocycles. The number of sulfonamides is 1. The summed E-state index contributed by atoms with van der Waals surface area (Å²) in [5.74, 6) is 0. The highest BCUT2D eigenvalue weighted by Gasteiger charge is 2.23. The Kier molecular flexibility index (Phi) is 5.53. The van der Waals surface area contributed by atoms with Gasteiger partial charge in [0, 0.05) is 25.9 Å². The Labute approximate surface area is 114 Å².